The highest BCUT2D eigenvalue weighted by Crippen LogP contribution is 2.18. The van der Waals surface area contributed by atoms with Gasteiger partial charge in [-0.05, 0) is 26.0 Å². The van der Waals surface area contributed by atoms with Crippen LogP contribution in [0.25, 0.3) is 0 Å². The van der Waals surface area contributed by atoms with Crippen LogP contribution in [0.2, 0.25) is 0 Å². The van der Waals surface area contributed by atoms with Gasteiger partial charge >= 0.3 is 5.97 Å². The van der Waals surface area contributed by atoms with Gasteiger partial charge in [-0.2, -0.15) is 0 Å². The lowest BCUT2D eigenvalue weighted by Gasteiger charge is -2.14. The molecule has 94 valence electrons. The van der Waals surface area contributed by atoms with E-state index in [1.54, 1.807) is 0 Å². The van der Waals surface area contributed by atoms with E-state index in [-0.39, 0.29) is 12.0 Å². The zero-order chi connectivity index (χ0) is 12.7. The molecule has 1 unspecified atom stereocenters. The smallest absolute Gasteiger partial charge is 0.307 e. The molecule has 1 N–H and O–H groups in total. The van der Waals surface area contributed by atoms with Gasteiger partial charge in [-0.1, -0.05) is 6.07 Å². The first kappa shape index (κ1) is 13.4. The van der Waals surface area contributed by atoms with Crippen molar-refractivity contribution >= 4 is 11.7 Å². The van der Waals surface area contributed by atoms with Crippen molar-refractivity contribution in [3.63, 3.8) is 0 Å². The molecule has 0 spiro atoms. The maximum Gasteiger partial charge on any atom is 0.307 e. The van der Waals surface area contributed by atoms with Crippen LogP contribution in [0.3, 0.4) is 0 Å². The van der Waals surface area contributed by atoms with Crippen molar-refractivity contribution in [2.45, 2.75) is 26.3 Å². The van der Waals surface area contributed by atoms with E-state index in [1.807, 2.05) is 38.1 Å². The van der Waals surface area contributed by atoms with Crippen molar-refractivity contribution in [3.05, 3.63) is 24.3 Å². The zero-order valence-corrected chi connectivity index (χ0v) is 10.5. The second kappa shape index (κ2) is 6.78. The van der Waals surface area contributed by atoms with E-state index in [0.717, 1.165) is 11.4 Å². The normalized spacial score (nSPS) is 11.7. The van der Waals surface area contributed by atoms with E-state index in [1.165, 1.54) is 7.11 Å². The highest BCUT2D eigenvalue weighted by atomic mass is 16.5. The van der Waals surface area contributed by atoms with Crippen molar-refractivity contribution in [1.29, 1.82) is 0 Å². The van der Waals surface area contributed by atoms with Gasteiger partial charge in [-0.3, -0.25) is 4.79 Å². The van der Waals surface area contributed by atoms with E-state index in [0.29, 0.717) is 13.0 Å². The third-order valence-corrected chi connectivity index (χ3v) is 2.26. The molecule has 4 nitrogen and oxygen atoms in total. The van der Waals surface area contributed by atoms with Gasteiger partial charge in [0.05, 0.1) is 20.1 Å². The second-order valence-electron chi connectivity index (χ2n) is 3.79. The minimum Gasteiger partial charge on any atom is -0.494 e. The molecule has 0 amide bonds. The van der Waals surface area contributed by atoms with Crippen molar-refractivity contribution < 1.29 is 14.3 Å². The molecule has 0 aliphatic heterocycles. The number of ether oxygens (including phenoxy) is 2. The molecular weight excluding hydrogens is 218 g/mol. The topological polar surface area (TPSA) is 47.6 Å². The highest BCUT2D eigenvalue weighted by molar-refractivity contribution is 5.70. The minimum atomic E-state index is -0.217. The summed E-state index contributed by atoms with van der Waals surface area (Å²) in [7, 11) is 1.39. The van der Waals surface area contributed by atoms with Crippen LogP contribution < -0.4 is 10.1 Å². The summed E-state index contributed by atoms with van der Waals surface area (Å²) >= 11 is 0. The molecule has 0 bridgehead atoms. The summed E-state index contributed by atoms with van der Waals surface area (Å²) in [6, 6.07) is 7.70. The van der Waals surface area contributed by atoms with Crippen LogP contribution in [0, 0.1) is 0 Å². The number of anilines is 1. The van der Waals surface area contributed by atoms with Gasteiger partial charge in [-0.15, -0.1) is 0 Å². The molecule has 0 aliphatic rings. The Kier molecular flexibility index (Phi) is 5.33. The van der Waals surface area contributed by atoms with Gasteiger partial charge < -0.3 is 14.8 Å². The molecule has 4 heteroatoms. The fraction of sp³-hybridized carbons (Fsp3) is 0.462. The van der Waals surface area contributed by atoms with Crippen LogP contribution in [0.4, 0.5) is 5.69 Å². The molecule has 0 aliphatic carbocycles. The molecule has 0 aromatic heterocycles. The summed E-state index contributed by atoms with van der Waals surface area (Å²) in [5, 5.41) is 3.23. The average molecular weight is 237 g/mol. The Hall–Kier alpha value is -1.71. The molecule has 17 heavy (non-hydrogen) atoms. The van der Waals surface area contributed by atoms with Crippen molar-refractivity contribution in [2.75, 3.05) is 19.0 Å². The molecule has 1 aromatic rings. The van der Waals surface area contributed by atoms with Crippen LogP contribution >= 0.6 is 0 Å². The summed E-state index contributed by atoms with van der Waals surface area (Å²) < 4.78 is 10.0. The fourth-order valence-electron chi connectivity index (χ4n) is 1.51. The van der Waals surface area contributed by atoms with E-state index in [9.17, 15) is 4.79 Å². The summed E-state index contributed by atoms with van der Waals surface area (Å²) in [6.45, 7) is 4.52. The lowest BCUT2D eigenvalue weighted by Crippen LogP contribution is -2.20. The number of esters is 1. The maximum atomic E-state index is 11.1. The molecule has 1 aromatic carbocycles. The number of carbonyl (C=O) groups is 1. The fourth-order valence-corrected chi connectivity index (χ4v) is 1.51. The third-order valence-electron chi connectivity index (χ3n) is 2.26. The summed E-state index contributed by atoms with van der Waals surface area (Å²) in [6.07, 6.45) is 0.343. The Bertz CT molecular complexity index is 365. The number of methoxy groups -OCH3 is 1. The molecule has 0 saturated heterocycles. The van der Waals surface area contributed by atoms with Crippen LogP contribution in [0.1, 0.15) is 20.3 Å². The Morgan fingerprint density at radius 3 is 2.88 bits per heavy atom. The zero-order valence-electron chi connectivity index (χ0n) is 10.5. The van der Waals surface area contributed by atoms with E-state index in [4.69, 9.17) is 4.74 Å². The number of benzene rings is 1. The van der Waals surface area contributed by atoms with E-state index < -0.39 is 0 Å². The molecule has 1 rings (SSSR count). The highest BCUT2D eigenvalue weighted by Gasteiger charge is 2.08. The van der Waals surface area contributed by atoms with Crippen LogP contribution in [0.15, 0.2) is 24.3 Å². The summed E-state index contributed by atoms with van der Waals surface area (Å²) in [5.74, 6) is 0.605. The first-order chi connectivity index (χ1) is 8.15. The first-order valence-electron chi connectivity index (χ1n) is 5.72. The predicted molar refractivity (Wildman–Crippen MR) is 67.3 cm³/mol. The number of carbonyl (C=O) groups excluding carboxylic acids is 1. The Morgan fingerprint density at radius 1 is 1.47 bits per heavy atom. The van der Waals surface area contributed by atoms with E-state index in [2.05, 4.69) is 10.1 Å². The van der Waals surface area contributed by atoms with Gasteiger partial charge in [0.15, 0.2) is 0 Å². The first-order valence-corrected chi connectivity index (χ1v) is 5.72. The molecule has 0 heterocycles. The molecule has 0 saturated carbocycles. The number of hydrogen-bond acceptors (Lipinski definition) is 4. The molecule has 0 fully saturated rings. The number of nitrogens with one attached hydrogen (secondary N) is 1. The van der Waals surface area contributed by atoms with Gasteiger partial charge in [0.2, 0.25) is 0 Å². The van der Waals surface area contributed by atoms with Crippen LogP contribution in [0.5, 0.6) is 5.75 Å². The van der Waals surface area contributed by atoms with Crippen molar-refractivity contribution in [3.8, 4) is 5.75 Å². The molecule has 0 radical (unpaired) electrons. The molecule has 1 atom stereocenters. The lowest BCUT2D eigenvalue weighted by molar-refractivity contribution is -0.140. The number of hydrogen-bond donors (Lipinski definition) is 1. The van der Waals surface area contributed by atoms with Gasteiger partial charge in [0.25, 0.3) is 0 Å². The molecular formula is C13H19NO3. The maximum absolute atomic E-state index is 11.1. The van der Waals surface area contributed by atoms with Gasteiger partial charge in [0.1, 0.15) is 5.75 Å². The number of rotatable bonds is 6. The van der Waals surface area contributed by atoms with Crippen LogP contribution in [-0.2, 0) is 9.53 Å². The Labute approximate surface area is 102 Å². The standard InChI is InChI=1S/C13H19NO3/c1-4-17-12-7-5-6-11(9-12)14-10(2)8-13(15)16-3/h5-7,9-10,14H,4,8H2,1-3H3. The predicted octanol–water partition coefficient (Wildman–Crippen LogP) is 2.45. The van der Waals surface area contributed by atoms with Gasteiger partial charge in [0, 0.05) is 17.8 Å². The summed E-state index contributed by atoms with van der Waals surface area (Å²) in [5.41, 5.74) is 0.937. The SMILES string of the molecule is CCOc1cccc(NC(C)CC(=O)OC)c1. The van der Waals surface area contributed by atoms with E-state index >= 15 is 0 Å². The quantitative estimate of drug-likeness (QED) is 0.772. The second-order valence-corrected chi connectivity index (χ2v) is 3.79. The van der Waals surface area contributed by atoms with Gasteiger partial charge in [-0.25, -0.2) is 0 Å². The monoisotopic (exact) mass is 237 g/mol. The van der Waals surface area contributed by atoms with Crippen LogP contribution in [-0.4, -0.2) is 25.7 Å². The Morgan fingerprint density at radius 2 is 2.24 bits per heavy atom. The Balaban J connectivity index is 2.55. The summed E-state index contributed by atoms with van der Waals surface area (Å²) in [4.78, 5) is 11.1. The lowest BCUT2D eigenvalue weighted by atomic mass is 10.2. The third kappa shape index (κ3) is 4.76. The van der Waals surface area contributed by atoms with Crippen molar-refractivity contribution in [2.24, 2.45) is 0 Å². The van der Waals surface area contributed by atoms with Crippen molar-refractivity contribution in [1.82, 2.24) is 0 Å². The minimum absolute atomic E-state index is 0.0272. The average Bonchev–Trinajstić information content (AvgIpc) is 2.29. The largest absolute Gasteiger partial charge is 0.494 e.